The Morgan fingerprint density at radius 1 is 1.06 bits per heavy atom. The van der Waals surface area contributed by atoms with Crippen molar-refractivity contribution >= 4 is 40.5 Å². The molecular weight excluding hydrogens is 873 g/mol. The molecule has 6 heterocycles. The average molecular weight is 941 g/mol. The molecule has 0 radical (unpaired) electrons. The van der Waals surface area contributed by atoms with Crippen LogP contribution >= 0.6 is 0 Å². The first-order chi connectivity index (χ1) is 33.1. The van der Waals surface area contributed by atoms with Gasteiger partial charge in [0.05, 0.1) is 35.7 Å². The van der Waals surface area contributed by atoms with E-state index in [4.69, 9.17) is 19.4 Å². The third kappa shape index (κ3) is 10.3. The molecule has 1 aliphatic carbocycles. The highest BCUT2D eigenvalue weighted by Crippen LogP contribution is 2.42. The molecule has 3 aliphatic heterocycles. The number of carbonyl (C=O) groups excluding carboxylic acids is 5. The van der Waals surface area contributed by atoms with Gasteiger partial charge in [-0.3, -0.25) is 38.9 Å². The first-order valence-electron chi connectivity index (χ1n) is 24.7. The zero-order valence-corrected chi connectivity index (χ0v) is 41.5. The van der Waals surface area contributed by atoms with E-state index in [1.807, 2.05) is 38.1 Å². The number of hydrogen-bond acceptors (Lipinski definition) is 10. The van der Waals surface area contributed by atoms with Crippen LogP contribution in [0.2, 0.25) is 0 Å². The van der Waals surface area contributed by atoms with Gasteiger partial charge in [-0.2, -0.15) is 0 Å². The standard InChI is InChI=1S/C54H68N8O7/c1-9-16-46(63)60-30-33(3)41(31-60)51(65)59(7)48(35-17-11-12-18-35)50(64)57-44-28-37-19-13-21-42(56-37)36-23-24-45-39(27-36)40(49(61(45)10-2)38-20-14-25-55-47(38)34(4)68-8)29-54(5,6)32-69-53(67)43-22-15-26-62(58-43)52(44)66/h13-14,19-21,23-25,27,33-35,41,43-44,48,58H,10-12,15,17-18,22,26,28-32H2,1-8H3,(H,57,64)/t33-,34-,41+,43-,44-,48-/m0/s1. The molecule has 1 saturated carbocycles. The molecule has 15 nitrogen and oxygen atoms in total. The first kappa shape index (κ1) is 49.3. The van der Waals surface area contributed by atoms with Gasteiger partial charge in [-0.25, -0.2) is 5.43 Å². The number of ether oxygens (including phenoxy) is 2. The summed E-state index contributed by atoms with van der Waals surface area (Å²) in [6.45, 7) is 13.6. The molecule has 8 rings (SSSR count). The predicted octanol–water partition coefficient (Wildman–Crippen LogP) is 6.28. The van der Waals surface area contributed by atoms with E-state index in [2.05, 4.69) is 72.2 Å². The largest absolute Gasteiger partial charge is 0.464 e. The highest BCUT2D eigenvalue weighted by molar-refractivity contribution is 5.97. The Balaban J connectivity index is 1.18. The number of benzene rings is 1. The smallest absolute Gasteiger partial charge is 0.324 e. The summed E-state index contributed by atoms with van der Waals surface area (Å²) < 4.78 is 14.3. The van der Waals surface area contributed by atoms with Crippen LogP contribution in [0.25, 0.3) is 33.4 Å². The van der Waals surface area contributed by atoms with Crippen molar-refractivity contribution in [3.63, 3.8) is 0 Å². The maximum absolute atomic E-state index is 14.9. The lowest BCUT2D eigenvalue weighted by molar-refractivity contribution is -0.155. The normalized spacial score (nSPS) is 22.8. The number of aromatic nitrogens is 3. The third-order valence-electron chi connectivity index (χ3n) is 14.8. The number of pyridine rings is 2. The van der Waals surface area contributed by atoms with Crippen molar-refractivity contribution in [2.45, 2.75) is 124 Å². The Hall–Kier alpha value is -6.11. The van der Waals surface area contributed by atoms with Gasteiger partial charge in [0.2, 0.25) is 11.8 Å². The molecule has 6 bridgehead atoms. The summed E-state index contributed by atoms with van der Waals surface area (Å²) in [5.74, 6) is 2.66. The van der Waals surface area contributed by atoms with E-state index in [1.54, 1.807) is 37.1 Å². The zero-order valence-electron chi connectivity index (χ0n) is 41.5. The number of rotatable bonds is 9. The second kappa shape index (κ2) is 20.9. The Kier molecular flexibility index (Phi) is 14.9. The fourth-order valence-corrected chi connectivity index (χ4v) is 11.1. The Labute approximate surface area is 406 Å². The fourth-order valence-electron chi connectivity index (χ4n) is 11.1. The summed E-state index contributed by atoms with van der Waals surface area (Å²) >= 11 is 0. The van der Waals surface area contributed by atoms with Crippen molar-refractivity contribution in [3.05, 3.63) is 71.7 Å². The highest BCUT2D eigenvalue weighted by atomic mass is 16.5. The molecule has 15 heteroatoms. The van der Waals surface area contributed by atoms with Crippen molar-refractivity contribution in [2.24, 2.45) is 23.2 Å². The maximum Gasteiger partial charge on any atom is 0.324 e. The van der Waals surface area contributed by atoms with Crippen LogP contribution in [0.3, 0.4) is 0 Å². The molecule has 2 N–H and O–H groups in total. The van der Waals surface area contributed by atoms with Crippen molar-refractivity contribution in [1.29, 1.82) is 0 Å². The number of esters is 1. The van der Waals surface area contributed by atoms with Crippen LogP contribution in [0.15, 0.2) is 54.7 Å². The van der Waals surface area contributed by atoms with Crippen LogP contribution < -0.4 is 10.7 Å². The minimum absolute atomic E-state index is 0.0511. The third-order valence-corrected chi connectivity index (χ3v) is 14.8. The molecule has 1 aromatic carbocycles. The molecule has 0 unspecified atom stereocenters. The van der Waals surface area contributed by atoms with E-state index in [-0.39, 0.29) is 49.3 Å². The summed E-state index contributed by atoms with van der Waals surface area (Å²) in [7, 11) is 3.36. The lowest BCUT2D eigenvalue weighted by Gasteiger charge is -2.37. The zero-order chi connectivity index (χ0) is 49.1. The lowest BCUT2D eigenvalue weighted by Crippen LogP contribution is -2.62. The van der Waals surface area contributed by atoms with E-state index in [0.717, 1.165) is 64.7 Å². The van der Waals surface area contributed by atoms with Crippen LogP contribution in [-0.2, 0) is 52.8 Å². The molecule has 3 fully saturated rings. The van der Waals surface area contributed by atoms with Crippen LogP contribution in [-0.4, -0.2) is 117 Å². The molecule has 4 amide bonds. The number of methoxy groups -OCH3 is 1. The Morgan fingerprint density at radius 2 is 1.84 bits per heavy atom. The SMILES string of the molecule is CC#CC(=O)N1C[C@H](C)[C@H](C(=O)N(C)[C@H](C(=O)N[C@H]2Cc3cccc(n3)-c3ccc4c(c3)c(c(-c3cccnc3[C@H](C)OC)n4CC)CC(C)(C)COC(=O)[C@@H]3CCCN(N3)C2=O)C2CCCC2)C1. The molecule has 3 aromatic heterocycles. The number of amides is 4. The molecular formula is C54H68N8O7. The number of cyclic esters (lactones) is 1. The second-order valence-corrected chi connectivity index (χ2v) is 20.3. The van der Waals surface area contributed by atoms with E-state index >= 15 is 0 Å². The van der Waals surface area contributed by atoms with Crippen LogP contribution in [0.4, 0.5) is 0 Å². The first-order valence-corrected chi connectivity index (χ1v) is 24.7. The number of hydrazine groups is 1. The van der Waals surface area contributed by atoms with Gasteiger partial charge in [-0.15, -0.1) is 0 Å². The van der Waals surface area contributed by atoms with Crippen molar-refractivity contribution < 1.29 is 33.4 Å². The number of hydrogen-bond donors (Lipinski definition) is 2. The Morgan fingerprint density at radius 3 is 2.58 bits per heavy atom. The summed E-state index contributed by atoms with van der Waals surface area (Å²) in [5.41, 5.74) is 9.81. The number of aryl methyl sites for hydroxylation is 1. The van der Waals surface area contributed by atoms with Crippen LogP contribution in [0.1, 0.15) is 103 Å². The average Bonchev–Trinajstić information content (AvgIpc) is 4.10. The van der Waals surface area contributed by atoms with Gasteiger partial charge in [0.15, 0.2) is 0 Å². The van der Waals surface area contributed by atoms with Crippen molar-refractivity contribution in [3.8, 4) is 34.4 Å². The van der Waals surface area contributed by atoms with E-state index in [0.29, 0.717) is 50.3 Å². The molecule has 0 spiro atoms. The van der Waals surface area contributed by atoms with Gasteiger partial charge in [-0.05, 0) is 113 Å². The summed E-state index contributed by atoms with van der Waals surface area (Å²) in [6.07, 6.45) is 6.52. The van der Waals surface area contributed by atoms with Gasteiger partial charge in [0, 0.05) is 86.1 Å². The molecule has 69 heavy (non-hydrogen) atoms. The van der Waals surface area contributed by atoms with Gasteiger partial charge in [0.25, 0.3) is 11.8 Å². The minimum atomic E-state index is -1.10. The monoisotopic (exact) mass is 941 g/mol. The van der Waals surface area contributed by atoms with E-state index < -0.39 is 47.2 Å². The van der Waals surface area contributed by atoms with Crippen LogP contribution in [0, 0.1) is 35.0 Å². The quantitative estimate of drug-likeness (QED) is 0.144. The summed E-state index contributed by atoms with van der Waals surface area (Å²) in [5, 5.41) is 5.61. The molecule has 366 valence electrons. The van der Waals surface area contributed by atoms with Crippen LogP contribution in [0.5, 0.6) is 0 Å². The summed E-state index contributed by atoms with van der Waals surface area (Å²) in [6, 6.07) is 13.4. The maximum atomic E-state index is 14.9. The number of likely N-dealkylation sites (N-methyl/N-ethyl adjacent to an activating group) is 1. The number of nitrogens with one attached hydrogen (secondary N) is 2. The van der Waals surface area contributed by atoms with Gasteiger partial charge in [-0.1, -0.05) is 51.7 Å². The molecule has 2 saturated heterocycles. The van der Waals surface area contributed by atoms with E-state index in [9.17, 15) is 24.0 Å². The van der Waals surface area contributed by atoms with Crippen molar-refractivity contribution in [2.75, 3.05) is 40.4 Å². The lowest BCUT2D eigenvalue weighted by atomic mass is 9.84. The highest BCUT2D eigenvalue weighted by Gasteiger charge is 2.44. The number of nitrogens with zero attached hydrogens (tertiary/aromatic N) is 6. The second-order valence-electron chi connectivity index (χ2n) is 20.3. The fraction of sp³-hybridized carbons (Fsp3) is 0.537. The predicted molar refractivity (Wildman–Crippen MR) is 263 cm³/mol. The van der Waals surface area contributed by atoms with Gasteiger partial charge >= 0.3 is 5.97 Å². The summed E-state index contributed by atoms with van der Waals surface area (Å²) in [4.78, 5) is 84.1. The number of likely N-dealkylation sites (tertiary alicyclic amines) is 1. The molecule has 4 aromatic rings. The Bertz CT molecular complexity index is 2660. The van der Waals surface area contributed by atoms with E-state index in [1.165, 1.54) is 5.01 Å². The van der Waals surface area contributed by atoms with Gasteiger partial charge in [0.1, 0.15) is 18.1 Å². The minimum Gasteiger partial charge on any atom is -0.464 e. The topological polar surface area (TPSA) is 168 Å². The number of carbonyl (C=O) groups is 5. The molecule has 4 aliphatic rings. The molecule has 6 atom stereocenters. The number of fused-ring (bicyclic) bond motifs is 6. The van der Waals surface area contributed by atoms with Crippen molar-refractivity contribution in [1.82, 2.24) is 40.1 Å². The van der Waals surface area contributed by atoms with Gasteiger partial charge < -0.3 is 29.2 Å².